The van der Waals surface area contributed by atoms with Crippen molar-refractivity contribution in [2.45, 2.75) is 59.8 Å². The lowest BCUT2D eigenvalue weighted by Crippen LogP contribution is -2.16. The summed E-state index contributed by atoms with van der Waals surface area (Å²) in [5, 5.41) is 3.42. The maximum atomic E-state index is 3.42. The fourth-order valence-electron chi connectivity index (χ4n) is 2.12. The van der Waals surface area contributed by atoms with Gasteiger partial charge in [0.05, 0.1) is 0 Å². The van der Waals surface area contributed by atoms with Gasteiger partial charge in [0.1, 0.15) is 0 Å². The van der Waals surface area contributed by atoms with Crippen molar-refractivity contribution in [1.29, 1.82) is 0 Å². The van der Waals surface area contributed by atoms with Gasteiger partial charge in [0, 0.05) is 12.7 Å². The molecular formula is C15H29N. The normalized spacial score (nSPS) is 15.1. The Morgan fingerprint density at radius 1 is 1.31 bits per heavy atom. The Morgan fingerprint density at radius 2 is 2.00 bits per heavy atom. The van der Waals surface area contributed by atoms with Crippen LogP contribution in [0.5, 0.6) is 0 Å². The Hall–Kier alpha value is -0.720. The van der Waals surface area contributed by atoms with Gasteiger partial charge in [-0.3, -0.25) is 0 Å². The van der Waals surface area contributed by atoms with Gasteiger partial charge in [0.2, 0.25) is 0 Å². The van der Waals surface area contributed by atoms with Crippen molar-refractivity contribution in [3.8, 4) is 0 Å². The lowest BCUT2D eigenvalue weighted by Gasteiger charge is -2.19. The second kappa shape index (κ2) is 9.50. The van der Waals surface area contributed by atoms with Crippen LogP contribution in [0.1, 0.15) is 59.8 Å². The largest absolute Gasteiger partial charge is 0.391 e. The lowest BCUT2D eigenvalue weighted by molar-refractivity contribution is 0.612. The zero-order chi connectivity index (χ0) is 12.4. The topological polar surface area (TPSA) is 12.0 Å². The predicted octanol–water partition coefficient (Wildman–Crippen LogP) is 4.66. The minimum absolute atomic E-state index is 0.619. The summed E-state index contributed by atoms with van der Waals surface area (Å²) in [5.41, 5.74) is 3.08. The van der Waals surface area contributed by atoms with E-state index in [1.807, 2.05) is 0 Å². The molecule has 1 N–H and O–H groups in total. The number of rotatable bonds is 8. The molecule has 1 unspecified atom stereocenters. The van der Waals surface area contributed by atoms with Gasteiger partial charge >= 0.3 is 0 Å². The Morgan fingerprint density at radius 3 is 2.44 bits per heavy atom. The molecule has 0 fully saturated rings. The molecule has 1 nitrogen and oxygen atoms in total. The molecule has 0 aromatic rings. The van der Waals surface area contributed by atoms with Gasteiger partial charge in [0.25, 0.3) is 0 Å². The summed E-state index contributed by atoms with van der Waals surface area (Å²) in [7, 11) is 2.06. The van der Waals surface area contributed by atoms with Gasteiger partial charge < -0.3 is 5.32 Å². The molecule has 0 rings (SSSR count). The molecule has 1 heteroatoms. The Balaban J connectivity index is 4.64. The van der Waals surface area contributed by atoms with E-state index < -0.39 is 0 Å². The van der Waals surface area contributed by atoms with E-state index in [0.29, 0.717) is 5.92 Å². The first-order valence-corrected chi connectivity index (χ1v) is 6.71. The predicted molar refractivity (Wildman–Crippen MR) is 74.5 cm³/mol. The van der Waals surface area contributed by atoms with Crippen LogP contribution in [0.3, 0.4) is 0 Å². The van der Waals surface area contributed by atoms with Crippen LogP contribution in [0, 0.1) is 5.92 Å². The summed E-state index contributed by atoms with van der Waals surface area (Å²) in [6.45, 7) is 8.93. The molecule has 0 bridgehead atoms. The molecule has 0 aromatic heterocycles. The lowest BCUT2D eigenvalue weighted by atomic mass is 9.94. The maximum Gasteiger partial charge on any atom is 0.0128 e. The standard InChI is InChI=1S/C15H29N/c1-6-9-11-13(4)15(16-5)14(8-3)12-10-7-2/h6,9,13,16H,7-8,10-12H2,1-5H3/b9-6-,15-14+. The maximum absolute atomic E-state index is 3.42. The quantitative estimate of drug-likeness (QED) is 0.590. The van der Waals surface area contributed by atoms with Crippen molar-refractivity contribution in [2.24, 2.45) is 5.92 Å². The second-order valence-electron chi connectivity index (χ2n) is 4.43. The fraction of sp³-hybridized carbons (Fsp3) is 0.733. The molecule has 0 aliphatic heterocycles. The summed E-state index contributed by atoms with van der Waals surface area (Å²) in [6, 6.07) is 0. The van der Waals surface area contributed by atoms with E-state index in [1.165, 1.54) is 31.4 Å². The molecule has 0 heterocycles. The monoisotopic (exact) mass is 223 g/mol. The minimum atomic E-state index is 0.619. The molecule has 0 saturated heterocycles. The molecule has 0 spiro atoms. The number of allylic oxidation sites excluding steroid dienone is 4. The highest BCUT2D eigenvalue weighted by molar-refractivity contribution is 5.15. The first-order valence-electron chi connectivity index (χ1n) is 6.71. The summed E-state index contributed by atoms with van der Waals surface area (Å²) >= 11 is 0. The van der Waals surface area contributed by atoms with Crippen molar-refractivity contribution in [2.75, 3.05) is 7.05 Å². The van der Waals surface area contributed by atoms with Gasteiger partial charge in [-0.25, -0.2) is 0 Å². The van der Waals surface area contributed by atoms with Crippen LogP contribution in [0.4, 0.5) is 0 Å². The summed E-state index contributed by atoms with van der Waals surface area (Å²) < 4.78 is 0. The highest BCUT2D eigenvalue weighted by Crippen LogP contribution is 2.22. The molecule has 0 amide bonds. The molecule has 0 radical (unpaired) electrons. The zero-order valence-electron chi connectivity index (χ0n) is 11.8. The summed E-state index contributed by atoms with van der Waals surface area (Å²) in [6.07, 6.45) is 10.6. The zero-order valence-corrected chi connectivity index (χ0v) is 11.8. The number of hydrogen-bond acceptors (Lipinski definition) is 1. The van der Waals surface area contributed by atoms with Crippen LogP contribution in [0.15, 0.2) is 23.4 Å². The van der Waals surface area contributed by atoms with Crippen LogP contribution in [0.2, 0.25) is 0 Å². The Bertz CT molecular complexity index is 226. The summed E-state index contributed by atoms with van der Waals surface area (Å²) in [5.74, 6) is 0.619. The molecule has 16 heavy (non-hydrogen) atoms. The van der Waals surface area contributed by atoms with Gasteiger partial charge in [-0.1, -0.05) is 44.9 Å². The minimum Gasteiger partial charge on any atom is -0.391 e. The first-order chi connectivity index (χ1) is 7.71. The molecule has 0 aliphatic carbocycles. The SMILES string of the molecule is C/C=C\CC(C)/C(NC)=C(/CC)CCCC. The van der Waals surface area contributed by atoms with Crippen molar-refractivity contribution in [3.05, 3.63) is 23.4 Å². The molecule has 0 aromatic carbocycles. The van der Waals surface area contributed by atoms with Gasteiger partial charge in [-0.05, 0) is 38.5 Å². The molecule has 0 aliphatic rings. The van der Waals surface area contributed by atoms with Gasteiger partial charge in [0.15, 0.2) is 0 Å². The number of nitrogens with one attached hydrogen (secondary N) is 1. The second-order valence-corrected chi connectivity index (χ2v) is 4.43. The number of hydrogen-bond donors (Lipinski definition) is 1. The van der Waals surface area contributed by atoms with E-state index in [2.05, 4.69) is 52.2 Å². The third-order valence-corrected chi connectivity index (χ3v) is 3.13. The van der Waals surface area contributed by atoms with Crippen molar-refractivity contribution >= 4 is 0 Å². The molecule has 0 saturated carbocycles. The Kier molecular flexibility index (Phi) is 9.07. The van der Waals surface area contributed by atoms with E-state index in [-0.39, 0.29) is 0 Å². The number of unbranched alkanes of at least 4 members (excludes halogenated alkanes) is 1. The highest BCUT2D eigenvalue weighted by Gasteiger charge is 2.10. The highest BCUT2D eigenvalue weighted by atomic mass is 14.8. The van der Waals surface area contributed by atoms with Crippen LogP contribution in [-0.4, -0.2) is 7.05 Å². The molecular weight excluding hydrogens is 194 g/mol. The van der Waals surface area contributed by atoms with Crippen molar-refractivity contribution < 1.29 is 0 Å². The van der Waals surface area contributed by atoms with E-state index >= 15 is 0 Å². The Labute approximate surface area is 102 Å². The van der Waals surface area contributed by atoms with Gasteiger partial charge in [-0.15, -0.1) is 0 Å². The smallest absolute Gasteiger partial charge is 0.0128 e. The van der Waals surface area contributed by atoms with E-state index in [4.69, 9.17) is 0 Å². The van der Waals surface area contributed by atoms with E-state index in [9.17, 15) is 0 Å². The average Bonchev–Trinajstić information content (AvgIpc) is 2.31. The first kappa shape index (κ1) is 15.3. The van der Waals surface area contributed by atoms with Crippen LogP contribution >= 0.6 is 0 Å². The third-order valence-electron chi connectivity index (χ3n) is 3.13. The van der Waals surface area contributed by atoms with Gasteiger partial charge in [-0.2, -0.15) is 0 Å². The van der Waals surface area contributed by atoms with E-state index in [1.54, 1.807) is 5.57 Å². The van der Waals surface area contributed by atoms with Crippen molar-refractivity contribution in [1.82, 2.24) is 5.32 Å². The van der Waals surface area contributed by atoms with Crippen LogP contribution in [-0.2, 0) is 0 Å². The van der Waals surface area contributed by atoms with Crippen LogP contribution in [0.25, 0.3) is 0 Å². The average molecular weight is 223 g/mol. The van der Waals surface area contributed by atoms with Crippen molar-refractivity contribution in [3.63, 3.8) is 0 Å². The van der Waals surface area contributed by atoms with E-state index in [0.717, 1.165) is 6.42 Å². The fourth-order valence-corrected chi connectivity index (χ4v) is 2.12. The molecule has 94 valence electrons. The third kappa shape index (κ3) is 5.39. The van der Waals surface area contributed by atoms with Crippen LogP contribution < -0.4 is 5.32 Å². The summed E-state index contributed by atoms with van der Waals surface area (Å²) in [4.78, 5) is 0. The molecule has 1 atom stereocenters.